The van der Waals surface area contributed by atoms with Gasteiger partial charge in [-0.15, -0.1) is 0 Å². The van der Waals surface area contributed by atoms with E-state index in [1.807, 2.05) is 0 Å². The van der Waals surface area contributed by atoms with Gasteiger partial charge >= 0.3 is 5.97 Å². The minimum absolute atomic E-state index is 0.294. The van der Waals surface area contributed by atoms with E-state index in [2.05, 4.69) is 15.0 Å². The lowest BCUT2D eigenvalue weighted by Crippen LogP contribution is -2.27. The number of carbonyl (C=O) groups is 1. The molecule has 1 aromatic carbocycles. The Morgan fingerprint density at radius 2 is 2.00 bits per heavy atom. The van der Waals surface area contributed by atoms with Crippen LogP contribution in [-0.4, -0.2) is 22.1 Å². The molecule has 0 aliphatic rings. The van der Waals surface area contributed by atoms with E-state index in [4.69, 9.17) is 17.1 Å². The molecule has 0 spiro atoms. The molecule has 0 aliphatic heterocycles. The van der Waals surface area contributed by atoms with Crippen LogP contribution in [0.25, 0.3) is 10.4 Å². The Morgan fingerprint density at radius 3 is 2.55 bits per heavy atom. The first-order chi connectivity index (χ1) is 10.5. The first-order valence-electron chi connectivity index (χ1n) is 6.16. The normalized spacial score (nSPS) is 13.0. The van der Waals surface area contributed by atoms with Crippen LogP contribution < -0.4 is 0 Å². The summed E-state index contributed by atoms with van der Waals surface area (Å²) in [5.74, 6) is -2.81. The highest BCUT2D eigenvalue weighted by molar-refractivity contribution is 6.30. The van der Waals surface area contributed by atoms with Crippen molar-refractivity contribution in [1.82, 2.24) is 4.98 Å². The summed E-state index contributed by atoms with van der Waals surface area (Å²) < 4.78 is 13.4. The van der Waals surface area contributed by atoms with Crippen molar-refractivity contribution in [3.63, 3.8) is 0 Å². The van der Waals surface area contributed by atoms with Gasteiger partial charge in [-0.25, -0.2) is 4.39 Å². The molecule has 22 heavy (non-hydrogen) atoms. The summed E-state index contributed by atoms with van der Waals surface area (Å²) in [7, 11) is 0. The van der Waals surface area contributed by atoms with Gasteiger partial charge in [0.15, 0.2) is 0 Å². The number of pyridine rings is 1. The maximum Gasteiger partial charge on any atom is 0.313 e. The number of hydrogen-bond donors (Lipinski definition) is 1. The summed E-state index contributed by atoms with van der Waals surface area (Å²) in [6.07, 6.45) is 2.34. The van der Waals surface area contributed by atoms with Crippen molar-refractivity contribution in [3.05, 3.63) is 75.1 Å². The average molecular weight is 321 g/mol. The van der Waals surface area contributed by atoms with E-state index in [1.54, 1.807) is 24.3 Å². The highest BCUT2D eigenvalue weighted by atomic mass is 35.5. The fourth-order valence-electron chi connectivity index (χ4n) is 2.14. The summed E-state index contributed by atoms with van der Waals surface area (Å²) in [4.78, 5) is 17.7. The standard InChI is InChI=1S/C14H10ClFN4O2/c15-10-3-1-8(2-4-10)12(13(14(21)22)19-20-17)9-5-11(16)7-18-6-9/h1-7,12-13H,(H,21,22)/t12-,13-/m0/s1. The monoisotopic (exact) mass is 320 g/mol. The second-order valence-corrected chi connectivity index (χ2v) is 4.89. The van der Waals surface area contributed by atoms with Crippen LogP contribution >= 0.6 is 11.6 Å². The summed E-state index contributed by atoms with van der Waals surface area (Å²) in [5.41, 5.74) is 9.43. The van der Waals surface area contributed by atoms with E-state index < -0.39 is 23.7 Å². The minimum atomic E-state index is -1.44. The number of aliphatic carboxylic acids is 1. The molecule has 2 rings (SSSR count). The van der Waals surface area contributed by atoms with Gasteiger partial charge in [0.2, 0.25) is 0 Å². The van der Waals surface area contributed by atoms with Gasteiger partial charge in [0.05, 0.1) is 6.20 Å². The van der Waals surface area contributed by atoms with Crippen molar-refractivity contribution in [2.45, 2.75) is 12.0 Å². The van der Waals surface area contributed by atoms with Crippen molar-refractivity contribution in [2.75, 3.05) is 0 Å². The van der Waals surface area contributed by atoms with Crippen LogP contribution in [0.2, 0.25) is 5.02 Å². The van der Waals surface area contributed by atoms with Crippen molar-refractivity contribution in [3.8, 4) is 0 Å². The Hall–Kier alpha value is -2.63. The highest BCUT2D eigenvalue weighted by Gasteiger charge is 2.30. The lowest BCUT2D eigenvalue weighted by molar-refractivity contribution is -0.138. The first-order valence-corrected chi connectivity index (χ1v) is 6.53. The number of aromatic nitrogens is 1. The second kappa shape index (κ2) is 6.89. The van der Waals surface area contributed by atoms with Gasteiger partial charge in [0.25, 0.3) is 0 Å². The molecule has 1 aromatic heterocycles. The third-order valence-electron chi connectivity index (χ3n) is 3.06. The molecule has 0 amide bonds. The van der Waals surface area contributed by atoms with Crippen LogP contribution in [0.1, 0.15) is 17.0 Å². The van der Waals surface area contributed by atoms with E-state index in [0.717, 1.165) is 12.3 Å². The van der Waals surface area contributed by atoms with Crippen LogP contribution in [-0.2, 0) is 4.79 Å². The van der Waals surface area contributed by atoms with E-state index in [-0.39, 0.29) is 0 Å². The van der Waals surface area contributed by atoms with Crippen LogP contribution in [0.15, 0.2) is 47.8 Å². The lowest BCUT2D eigenvalue weighted by atomic mass is 9.86. The largest absolute Gasteiger partial charge is 0.481 e. The molecular weight excluding hydrogens is 311 g/mol. The van der Waals surface area contributed by atoms with Gasteiger partial charge in [-0.2, -0.15) is 0 Å². The van der Waals surface area contributed by atoms with Gasteiger partial charge in [-0.3, -0.25) is 9.78 Å². The third kappa shape index (κ3) is 3.52. The van der Waals surface area contributed by atoms with Crippen LogP contribution in [0, 0.1) is 5.82 Å². The zero-order chi connectivity index (χ0) is 16.1. The number of carboxylic acids is 1. The van der Waals surface area contributed by atoms with Gasteiger partial charge in [-0.1, -0.05) is 28.8 Å². The molecule has 0 unspecified atom stereocenters. The number of rotatable bonds is 5. The number of carboxylic acid groups (broad SMARTS) is 1. The van der Waals surface area contributed by atoms with Crippen LogP contribution in [0.4, 0.5) is 4.39 Å². The van der Waals surface area contributed by atoms with Crippen molar-refractivity contribution < 1.29 is 14.3 Å². The predicted molar refractivity (Wildman–Crippen MR) is 78.1 cm³/mol. The SMILES string of the molecule is [N-]=[N+]=N[C@H](C(=O)O)[C@@H](c1ccc(Cl)cc1)c1cncc(F)c1. The van der Waals surface area contributed by atoms with Crippen molar-refractivity contribution in [1.29, 1.82) is 0 Å². The summed E-state index contributed by atoms with van der Waals surface area (Å²) >= 11 is 5.82. The number of benzene rings is 1. The minimum Gasteiger partial charge on any atom is -0.481 e. The van der Waals surface area contributed by atoms with Gasteiger partial charge in [0, 0.05) is 22.0 Å². The molecule has 112 valence electrons. The molecule has 0 fully saturated rings. The second-order valence-electron chi connectivity index (χ2n) is 4.45. The number of hydrogen-bond acceptors (Lipinski definition) is 3. The highest BCUT2D eigenvalue weighted by Crippen LogP contribution is 2.31. The zero-order valence-electron chi connectivity index (χ0n) is 11.1. The van der Waals surface area contributed by atoms with E-state index >= 15 is 0 Å². The van der Waals surface area contributed by atoms with Gasteiger partial charge in [0.1, 0.15) is 11.9 Å². The maximum absolute atomic E-state index is 13.4. The first kappa shape index (κ1) is 15.8. The smallest absolute Gasteiger partial charge is 0.313 e. The molecule has 1 heterocycles. The molecule has 8 heteroatoms. The topological polar surface area (TPSA) is 99.0 Å². The molecule has 6 nitrogen and oxygen atoms in total. The van der Waals surface area contributed by atoms with E-state index in [9.17, 15) is 14.3 Å². The molecule has 1 N–H and O–H groups in total. The Balaban J connectivity index is 2.60. The molecule has 0 saturated carbocycles. The summed E-state index contributed by atoms with van der Waals surface area (Å²) in [5, 5.41) is 13.1. The van der Waals surface area contributed by atoms with Crippen molar-refractivity contribution in [2.24, 2.45) is 5.11 Å². The molecule has 0 aliphatic carbocycles. The molecule has 2 aromatic rings. The lowest BCUT2D eigenvalue weighted by Gasteiger charge is -2.21. The number of halogens is 2. The van der Waals surface area contributed by atoms with Gasteiger partial charge in [-0.05, 0) is 34.9 Å². The van der Waals surface area contributed by atoms with Crippen LogP contribution in [0.3, 0.4) is 0 Å². The Bertz CT molecular complexity index is 730. The fourth-order valence-corrected chi connectivity index (χ4v) is 2.27. The predicted octanol–water partition coefficient (Wildman–Crippen LogP) is 3.77. The Morgan fingerprint density at radius 1 is 1.32 bits per heavy atom. The average Bonchev–Trinajstić information content (AvgIpc) is 2.48. The van der Waals surface area contributed by atoms with E-state index in [1.165, 1.54) is 6.20 Å². The molecular formula is C14H10ClFN4O2. The Kier molecular flexibility index (Phi) is 4.93. The summed E-state index contributed by atoms with van der Waals surface area (Å²) in [6, 6.07) is 6.07. The van der Waals surface area contributed by atoms with E-state index in [0.29, 0.717) is 16.1 Å². The Labute approximate surface area is 129 Å². The van der Waals surface area contributed by atoms with Crippen LogP contribution in [0.5, 0.6) is 0 Å². The molecule has 0 radical (unpaired) electrons. The molecule has 0 saturated heterocycles. The maximum atomic E-state index is 13.4. The van der Waals surface area contributed by atoms with Crippen molar-refractivity contribution >= 4 is 17.6 Å². The molecule has 0 bridgehead atoms. The summed E-state index contributed by atoms with van der Waals surface area (Å²) in [6.45, 7) is 0. The fraction of sp³-hybridized carbons (Fsp3) is 0.143. The third-order valence-corrected chi connectivity index (χ3v) is 3.31. The molecule has 2 atom stereocenters. The number of azide groups is 1. The quantitative estimate of drug-likeness (QED) is 0.515. The zero-order valence-corrected chi connectivity index (χ0v) is 11.9. The number of nitrogens with zero attached hydrogens (tertiary/aromatic N) is 4. The van der Waals surface area contributed by atoms with Gasteiger partial charge < -0.3 is 5.11 Å².